The molecule has 0 atom stereocenters. The van der Waals surface area contributed by atoms with E-state index in [9.17, 15) is 0 Å². The Hall–Kier alpha value is -4.79. The third-order valence-electron chi connectivity index (χ3n) is 9.44. The average molecular weight is 677 g/mol. The summed E-state index contributed by atoms with van der Waals surface area (Å²) in [5, 5.41) is 4.45. The Morgan fingerprint density at radius 1 is 0.480 bits per heavy atom. The predicted octanol–water partition coefficient (Wildman–Crippen LogP) is 14.4. The van der Waals surface area contributed by atoms with Gasteiger partial charge in [-0.05, 0) is 108 Å². The Balaban J connectivity index is 1.56. The normalized spacial score (nSPS) is 11.8. The lowest BCUT2D eigenvalue weighted by Gasteiger charge is -2.31. The van der Waals surface area contributed by atoms with E-state index in [1.807, 2.05) is 0 Å². The van der Waals surface area contributed by atoms with Gasteiger partial charge in [0.15, 0.2) is 0 Å². The molecule has 0 amide bonds. The van der Waals surface area contributed by atoms with Gasteiger partial charge in [0.05, 0.1) is 22.1 Å². The summed E-state index contributed by atoms with van der Waals surface area (Å²) in [7, 11) is 0. The number of nitrogens with zero attached hydrogens (tertiary/aromatic N) is 1. The molecular weight excluding hydrogens is 628 g/mol. The maximum absolute atomic E-state index is 7.58. The minimum atomic E-state index is -0.00743. The van der Waals surface area contributed by atoms with Crippen LogP contribution in [0, 0.1) is 20.8 Å². The highest BCUT2D eigenvalue weighted by Gasteiger charge is 2.25. The molecule has 0 spiro atoms. The Morgan fingerprint density at radius 2 is 1.02 bits per heavy atom. The lowest BCUT2D eigenvalue weighted by molar-refractivity contribution is 0.590. The van der Waals surface area contributed by atoms with E-state index >= 15 is 0 Å². The molecule has 0 unspecified atom stereocenters. The number of benzene rings is 6. The van der Waals surface area contributed by atoms with Crippen molar-refractivity contribution < 1.29 is 0 Å². The predicted molar refractivity (Wildman–Crippen MR) is 218 cm³/mol. The Morgan fingerprint density at radius 3 is 1.62 bits per heavy atom. The van der Waals surface area contributed by atoms with Gasteiger partial charge in [-0.2, -0.15) is 0 Å². The van der Waals surface area contributed by atoms with Crippen LogP contribution in [0.3, 0.4) is 0 Å². The van der Waals surface area contributed by atoms with Gasteiger partial charge in [-0.3, -0.25) is 0 Å². The molecule has 2 nitrogen and oxygen atoms in total. The molecule has 0 heterocycles. The van der Waals surface area contributed by atoms with Crippen molar-refractivity contribution in [3.05, 3.63) is 160 Å². The van der Waals surface area contributed by atoms with Crippen molar-refractivity contribution in [1.82, 2.24) is 0 Å². The summed E-state index contributed by atoms with van der Waals surface area (Å²) in [4.78, 5) is 2.32. The van der Waals surface area contributed by atoms with Crippen LogP contribution < -0.4 is 10.2 Å². The molecule has 6 aromatic carbocycles. The van der Waals surface area contributed by atoms with Crippen LogP contribution in [0.4, 0.5) is 28.4 Å². The fourth-order valence-corrected chi connectivity index (χ4v) is 6.63. The second-order valence-corrected chi connectivity index (χ2v) is 16.0. The molecule has 0 aromatic heterocycles. The van der Waals surface area contributed by atoms with Gasteiger partial charge in [0, 0.05) is 22.5 Å². The largest absolute Gasteiger partial charge is 0.354 e. The zero-order valence-corrected chi connectivity index (χ0v) is 31.7. The Bertz CT molecular complexity index is 2110. The van der Waals surface area contributed by atoms with Crippen molar-refractivity contribution in [2.24, 2.45) is 0 Å². The van der Waals surface area contributed by atoms with Crippen LogP contribution >= 0.6 is 11.6 Å². The summed E-state index contributed by atoms with van der Waals surface area (Å²) in [5.41, 5.74) is 15.7. The van der Waals surface area contributed by atoms with Crippen molar-refractivity contribution in [2.45, 2.75) is 73.1 Å². The minimum absolute atomic E-state index is 0.00743. The van der Waals surface area contributed by atoms with E-state index in [0.717, 1.165) is 50.7 Å². The number of halogens is 1. The van der Waals surface area contributed by atoms with Gasteiger partial charge >= 0.3 is 0 Å². The minimum Gasteiger partial charge on any atom is -0.354 e. The van der Waals surface area contributed by atoms with Gasteiger partial charge < -0.3 is 10.2 Å². The number of anilines is 5. The molecule has 0 aliphatic carbocycles. The van der Waals surface area contributed by atoms with Crippen LogP contribution in [0.5, 0.6) is 0 Å². The van der Waals surface area contributed by atoms with E-state index < -0.39 is 0 Å². The summed E-state index contributed by atoms with van der Waals surface area (Å²) < 4.78 is 0. The molecule has 0 radical (unpaired) electrons. The SMILES string of the molecule is Cc1ccc(-c2cc(C(C)(C)C)ccc2Nc2cc(C)cc(N(c3ccc(C)cc3)c3ccc(C(C)(C)C)cc3-c3ccccc3)c2Cl)cc1. The first-order chi connectivity index (χ1) is 23.7. The van der Waals surface area contributed by atoms with E-state index in [1.165, 1.54) is 27.8 Å². The maximum Gasteiger partial charge on any atom is 0.0881 e. The van der Waals surface area contributed by atoms with Crippen LogP contribution in [0.2, 0.25) is 5.02 Å². The van der Waals surface area contributed by atoms with E-state index in [-0.39, 0.29) is 10.8 Å². The molecule has 0 aliphatic rings. The first kappa shape index (κ1) is 35.1. The van der Waals surface area contributed by atoms with Crippen LogP contribution in [0.1, 0.15) is 69.4 Å². The summed E-state index contributed by atoms with van der Waals surface area (Å²) in [6.07, 6.45) is 0. The highest BCUT2D eigenvalue weighted by atomic mass is 35.5. The summed E-state index contributed by atoms with van der Waals surface area (Å²) in [5.74, 6) is 0. The third kappa shape index (κ3) is 7.52. The van der Waals surface area contributed by atoms with Crippen molar-refractivity contribution in [3.8, 4) is 22.3 Å². The standard InChI is InChI=1S/C47H49ClN2/c1-31-15-19-35(20-16-31)39-29-36(46(4,5)6)21-25-41(39)49-42-27-33(3)28-44(45(42)48)50(38-23-17-32(2)18-24-38)43-26-22-37(47(7,8)9)30-40(43)34-13-11-10-12-14-34/h10-30,49H,1-9H3. The first-order valence-corrected chi connectivity index (χ1v) is 17.9. The van der Waals surface area contributed by atoms with Crippen molar-refractivity contribution in [2.75, 3.05) is 10.2 Å². The lowest BCUT2D eigenvalue weighted by Crippen LogP contribution is -2.15. The summed E-state index contributed by atoms with van der Waals surface area (Å²) in [6.45, 7) is 20.0. The molecular formula is C47H49ClN2. The molecule has 254 valence electrons. The second kappa shape index (κ2) is 13.8. The number of nitrogens with one attached hydrogen (secondary N) is 1. The van der Waals surface area contributed by atoms with E-state index in [0.29, 0.717) is 5.02 Å². The second-order valence-electron chi connectivity index (χ2n) is 15.7. The smallest absolute Gasteiger partial charge is 0.0881 e. The monoisotopic (exact) mass is 676 g/mol. The molecule has 0 saturated heterocycles. The topological polar surface area (TPSA) is 15.3 Å². The summed E-state index contributed by atoms with van der Waals surface area (Å²) >= 11 is 7.58. The zero-order valence-electron chi connectivity index (χ0n) is 30.9. The van der Waals surface area contributed by atoms with Gasteiger partial charge in [-0.1, -0.05) is 143 Å². The number of aryl methyl sites for hydroxylation is 3. The van der Waals surface area contributed by atoms with Crippen LogP contribution in [-0.2, 0) is 10.8 Å². The maximum atomic E-state index is 7.58. The van der Waals surface area contributed by atoms with Gasteiger partial charge in [-0.25, -0.2) is 0 Å². The first-order valence-electron chi connectivity index (χ1n) is 17.5. The molecule has 0 aliphatic heterocycles. The third-order valence-corrected chi connectivity index (χ3v) is 9.83. The highest BCUT2D eigenvalue weighted by molar-refractivity contribution is 6.36. The summed E-state index contributed by atoms with van der Waals surface area (Å²) in [6, 6.07) is 46.1. The zero-order chi connectivity index (χ0) is 35.8. The highest BCUT2D eigenvalue weighted by Crippen LogP contribution is 2.48. The van der Waals surface area contributed by atoms with Crippen molar-refractivity contribution in [3.63, 3.8) is 0 Å². The molecule has 6 aromatic rings. The van der Waals surface area contributed by atoms with Gasteiger partial charge in [0.1, 0.15) is 0 Å². The fraction of sp³-hybridized carbons (Fsp3) is 0.234. The quantitative estimate of drug-likeness (QED) is 0.181. The van der Waals surface area contributed by atoms with Gasteiger partial charge in [-0.15, -0.1) is 0 Å². The fourth-order valence-electron chi connectivity index (χ4n) is 6.39. The average Bonchev–Trinajstić information content (AvgIpc) is 3.08. The number of hydrogen-bond acceptors (Lipinski definition) is 2. The Labute approximate surface area is 304 Å². The molecule has 3 heteroatoms. The molecule has 0 fully saturated rings. The van der Waals surface area contributed by atoms with E-state index in [1.54, 1.807) is 0 Å². The van der Waals surface area contributed by atoms with Crippen LogP contribution in [-0.4, -0.2) is 0 Å². The molecule has 0 saturated carbocycles. The van der Waals surface area contributed by atoms with Crippen LogP contribution in [0.15, 0.2) is 127 Å². The van der Waals surface area contributed by atoms with Gasteiger partial charge in [0.25, 0.3) is 0 Å². The number of rotatable bonds is 7. The number of hydrogen-bond donors (Lipinski definition) is 1. The molecule has 50 heavy (non-hydrogen) atoms. The molecule has 0 bridgehead atoms. The van der Waals surface area contributed by atoms with E-state index in [2.05, 4.69) is 200 Å². The molecule has 1 N–H and O–H groups in total. The molecule has 6 rings (SSSR count). The van der Waals surface area contributed by atoms with Crippen molar-refractivity contribution >= 4 is 40.0 Å². The van der Waals surface area contributed by atoms with Crippen molar-refractivity contribution in [1.29, 1.82) is 0 Å². The van der Waals surface area contributed by atoms with E-state index in [4.69, 9.17) is 11.6 Å². The van der Waals surface area contributed by atoms with Crippen LogP contribution in [0.25, 0.3) is 22.3 Å². The van der Waals surface area contributed by atoms with Gasteiger partial charge in [0.2, 0.25) is 0 Å². The Kier molecular flexibility index (Phi) is 9.71. The lowest BCUT2D eigenvalue weighted by atomic mass is 9.84.